The SMILES string of the molecule is Cc1ccc2nc(C(F)(F)F)cc(N[C@H]3CCCC(NC(=O)c4ccccc4)C3)c2c1. The minimum absolute atomic E-state index is 0.0316. The van der Waals surface area contributed by atoms with Crippen molar-refractivity contribution < 1.29 is 18.0 Å². The summed E-state index contributed by atoms with van der Waals surface area (Å²) in [6.45, 7) is 1.90. The van der Waals surface area contributed by atoms with Crippen LogP contribution in [-0.4, -0.2) is 23.0 Å². The van der Waals surface area contributed by atoms with Gasteiger partial charge in [-0.2, -0.15) is 13.2 Å². The molecular formula is C24H24F3N3O. The summed E-state index contributed by atoms with van der Waals surface area (Å²) in [5, 5.41) is 7.05. The van der Waals surface area contributed by atoms with Crippen LogP contribution in [0.3, 0.4) is 0 Å². The van der Waals surface area contributed by atoms with Gasteiger partial charge in [0.25, 0.3) is 5.91 Å². The number of hydrogen-bond acceptors (Lipinski definition) is 3. The largest absolute Gasteiger partial charge is 0.433 e. The lowest BCUT2D eigenvalue weighted by molar-refractivity contribution is -0.140. The molecule has 1 heterocycles. The number of carbonyl (C=O) groups is 1. The number of aromatic nitrogens is 1. The molecule has 0 spiro atoms. The molecule has 1 saturated carbocycles. The maximum Gasteiger partial charge on any atom is 0.433 e. The quantitative estimate of drug-likeness (QED) is 0.560. The van der Waals surface area contributed by atoms with Crippen LogP contribution >= 0.6 is 0 Å². The standard InChI is InChI=1S/C24H24F3N3O/c1-15-10-11-20-19(12-15)21(14-22(30-20)24(25,26)27)28-17-8-5-9-18(13-17)29-23(31)16-6-3-2-4-7-16/h2-4,6-7,10-12,14,17-18H,5,8-9,13H2,1H3,(H,28,30)(H,29,31)/t17-,18?/m0/s1. The van der Waals surface area contributed by atoms with E-state index in [2.05, 4.69) is 15.6 Å². The van der Waals surface area contributed by atoms with Crippen LogP contribution in [0.5, 0.6) is 0 Å². The van der Waals surface area contributed by atoms with Gasteiger partial charge in [0.2, 0.25) is 0 Å². The van der Waals surface area contributed by atoms with Gasteiger partial charge in [0.15, 0.2) is 0 Å². The summed E-state index contributed by atoms with van der Waals surface area (Å²) >= 11 is 0. The Bertz CT molecular complexity index is 1080. The molecule has 1 aromatic heterocycles. The third kappa shape index (κ3) is 4.98. The number of alkyl halides is 3. The summed E-state index contributed by atoms with van der Waals surface area (Å²) in [4.78, 5) is 16.3. The number of aryl methyl sites for hydroxylation is 1. The molecule has 31 heavy (non-hydrogen) atoms. The third-order valence-corrected chi connectivity index (χ3v) is 5.66. The lowest BCUT2D eigenvalue weighted by atomic mass is 9.90. The van der Waals surface area contributed by atoms with Crippen LogP contribution in [0.2, 0.25) is 0 Å². The second kappa shape index (κ2) is 8.57. The minimum atomic E-state index is -4.52. The summed E-state index contributed by atoms with van der Waals surface area (Å²) in [7, 11) is 0. The van der Waals surface area contributed by atoms with Gasteiger partial charge in [0.05, 0.1) is 5.52 Å². The van der Waals surface area contributed by atoms with E-state index in [4.69, 9.17) is 0 Å². The zero-order valence-electron chi connectivity index (χ0n) is 17.2. The molecule has 2 aromatic carbocycles. The molecular weight excluding hydrogens is 403 g/mol. The maximum atomic E-state index is 13.4. The molecule has 0 bridgehead atoms. The number of carbonyl (C=O) groups excluding carboxylic acids is 1. The molecule has 162 valence electrons. The smallest absolute Gasteiger partial charge is 0.382 e. The second-order valence-corrected chi connectivity index (χ2v) is 8.12. The number of rotatable bonds is 4. The van der Waals surface area contributed by atoms with Gasteiger partial charge in [-0.05, 0) is 62.9 Å². The number of hydrogen-bond donors (Lipinski definition) is 2. The monoisotopic (exact) mass is 427 g/mol. The van der Waals surface area contributed by atoms with E-state index in [1.54, 1.807) is 24.3 Å². The zero-order valence-corrected chi connectivity index (χ0v) is 17.2. The highest BCUT2D eigenvalue weighted by atomic mass is 19.4. The number of fused-ring (bicyclic) bond motifs is 1. The lowest BCUT2D eigenvalue weighted by Gasteiger charge is -2.31. The van der Waals surface area contributed by atoms with Crippen molar-refractivity contribution in [1.82, 2.24) is 10.3 Å². The molecule has 2 N–H and O–H groups in total. The number of halogens is 3. The molecule has 7 heteroatoms. The summed E-state index contributed by atoms with van der Waals surface area (Å²) in [5.74, 6) is -0.129. The Hall–Kier alpha value is -3.09. The van der Waals surface area contributed by atoms with E-state index in [1.165, 1.54) is 0 Å². The van der Waals surface area contributed by atoms with Crippen molar-refractivity contribution in [3.05, 3.63) is 71.4 Å². The van der Waals surface area contributed by atoms with Gasteiger partial charge in [-0.1, -0.05) is 29.8 Å². The van der Waals surface area contributed by atoms with Gasteiger partial charge in [0.1, 0.15) is 5.69 Å². The van der Waals surface area contributed by atoms with Crippen molar-refractivity contribution in [2.75, 3.05) is 5.32 Å². The molecule has 3 aromatic rings. The van der Waals surface area contributed by atoms with E-state index < -0.39 is 11.9 Å². The van der Waals surface area contributed by atoms with Crippen LogP contribution in [0.4, 0.5) is 18.9 Å². The fourth-order valence-corrected chi connectivity index (χ4v) is 4.13. The van der Waals surface area contributed by atoms with Gasteiger partial charge >= 0.3 is 6.18 Å². The average molecular weight is 427 g/mol. The summed E-state index contributed by atoms with van der Waals surface area (Å²) < 4.78 is 40.1. The Morgan fingerprint density at radius 3 is 2.52 bits per heavy atom. The van der Waals surface area contributed by atoms with Crippen molar-refractivity contribution in [1.29, 1.82) is 0 Å². The first-order valence-corrected chi connectivity index (χ1v) is 10.4. The molecule has 4 rings (SSSR count). The Morgan fingerprint density at radius 1 is 1.03 bits per heavy atom. The van der Waals surface area contributed by atoms with Crippen LogP contribution in [-0.2, 0) is 6.18 Å². The molecule has 2 atom stereocenters. The lowest BCUT2D eigenvalue weighted by Crippen LogP contribution is -2.41. The molecule has 1 unspecified atom stereocenters. The average Bonchev–Trinajstić information content (AvgIpc) is 2.74. The number of anilines is 1. The van der Waals surface area contributed by atoms with Crippen LogP contribution in [0.25, 0.3) is 10.9 Å². The van der Waals surface area contributed by atoms with Gasteiger partial charge < -0.3 is 10.6 Å². The number of nitrogens with zero attached hydrogens (tertiary/aromatic N) is 1. The highest BCUT2D eigenvalue weighted by Crippen LogP contribution is 2.34. The molecule has 1 aliphatic rings. The third-order valence-electron chi connectivity index (χ3n) is 5.66. The Balaban J connectivity index is 1.54. The number of benzene rings is 2. The van der Waals surface area contributed by atoms with E-state index in [-0.39, 0.29) is 18.0 Å². The van der Waals surface area contributed by atoms with E-state index >= 15 is 0 Å². The topological polar surface area (TPSA) is 54.0 Å². The predicted molar refractivity (Wildman–Crippen MR) is 115 cm³/mol. The van der Waals surface area contributed by atoms with Gasteiger partial charge in [-0.25, -0.2) is 4.98 Å². The van der Waals surface area contributed by atoms with Gasteiger partial charge in [0, 0.05) is 28.7 Å². The van der Waals surface area contributed by atoms with Crippen LogP contribution in [0.1, 0.15) is 47.3 Å². The molecule has 4 nitrogen and oxygen atoms in total. The molecule has 1 fully saturated rings. The van der Waals surface area contributed by atoms with Crippen molar-refractivity contribution in [2.45, 2.75) is 50.9 Å². The van der Waals surface area contributed by atoms with E-state index in [1.807, 2.05) is 31.2 Å². The van der Waals surface area contributed by atoms with E-state index in [0.29, 0.717) is 28.6 Å². The molecule has 0 aliphatic heterocycles. The molecule has 0 radical (unpaired) electrons. The van der Waals surface area contributed by atoms with E-state index in [0.717, 1.165) is 30.9 Å². The van der Waals surface area contributed by atoms with Crippen LogP contribution in [0.15, 0.2) is 54.6 Å². The van der Waals surface area contributed by atoms with Crippen molar-refractivity contribution >= 4 is 22.5 Å². The second-order valence-electron chi connectivity index (χ2n) is 8.12. The number of nitrogens with one attached hydrogen (secondary N) is 2. The summed E-state index contributed by atoms with van der Waals surface area (Å²) in [6.07, 6.45) is -1.31. The Morgan fingerprint density at radius 2 is 1.77 bits per heavy atom. The normalized spacial score (nSPS) is 19.2. The zero-order chi connectivity index (χ0) is 22.0. The van der Waals surface area contributed by atoms with Gasteiger partial charge in [-0.15, -0.1) is 0 Å². The van der Waals surface area contributed by atoms with Crippen LogP contribution in [0, 0.1) is 6.92 Å². The van der Waals surface area contributed by atoms with Crippen molar-refractivity contribution in [3.8, 4) is 0 Å². The molecule has 0 saturated heterocycles. The highest BCUT2D eigenvalue weighted by molar-refractivity contribution is 5.94. The highest BCUT2D eigenvalue weighted by Gasteiger charge is 2.34. The minimum Gasteiger partial charge on any atom is -0.382 e. The fourth-order valence-electron chi connectivity index (χ4n) is 4.13. The number of pyridine rings is 1. The molecule has 1 aliphatic carbocycles. The first kappa shape index (κ1) is 21.2. The Kier molecular flexibility index (Phi) is 5.85. The first-order valence-electron chi connectivity index (χ1n) is 10.4. The number of amides is 1. The van der Waals surface area contributed by atoms with E-state index in [9.17, 15) is 18.0 Å². The summed E-state index contributed by atoms with van der Waals surface area (Å²) in [5.41, 5.74) is 1.39. The molecule has 1 amide bonds. The maximum absolute atomic E-state index is 13.4. The predicted octanol–water partition coefficient (Wildman–Crippen LogP) is 5.72. The van der Waals surface area contributed by atoms with Crippen molar-refractivity contribution in [2.24, 2.45) is 0 Å². The Labute approximate surface area is 178 Å². The van der Waals surface area contributed by atoms with Crippen molar-refractivity contribution in [3.63, 3.8) is 0 Å². The summed E-state index contributed by atoms with van der Waals surface area (Å²) in [6, 6.07) is 15.3. The van der Waals surface area contributed by atoms with Gasteiger partial charge in [-0.3, -0.25) is 4.79 Å². The first-order chi connectivity index (χ1) is 14.8. The fraction of sp³-hybridized carbons (Fsp3) is 0.333. The van der Waals surface area contributed by atoms with Crippen LogP contribution < -0.4 is 10.6 Å².